The van der Waals surface area contributed by atoms with Gasteiger partial charge in [0.2, 0.25) is 0 Å². The van der Waals surface area contributed by atoms with Gasteiger partial charge in [0.1, 0.15) is 0 Å². The molecule has 0 aromatic heterocycles. The monoisotopic (exact) mass is 377 g/mol. The zero-order valence-corrected chi connectivity index (χ0v) is 16.9. The van der Waals surface area contributed by atoms with E-state index in [1.165, 1.54) is 10.1 Å². The number of thioether (sulfide) groups is 1. The summed E-state index contributed by atoms with van der Waals surface area (Å²) in [6, 6.07) is 8.89. The molecule has 0 N–H and O–H groups in total. The zero-order chi connectivity index (χ0) is 12.3. The molecule has 1 aromatic carbocycles. The normalized spacial score (nSPS) is 12.8. The molecule has 1 aliphatic carbocycles. The van der Waals surface area contributed by atoms with Crippen molar-refractivity contribution < 1.29 is 46.5 Å². The van der Waals surface area contributed by atoms with Gasteiger partial charge in [0.05, 0.1) is 8.07 Å². The van der Waals surface area contributed by atoms with Gasteiger partial charge < -0.3 is 24.8 Å². The number of hydrogen-bond donors (Lipinski definition) is 0. The van der Waals surface area contributed by atoms with Gasteiger partial charge in [-0.3, -0.25) is 6.08 Å². The Labute approximate surface area is 155 Å². The van der Waals surface area contributed by atoms with E-state index in [4.69, 9.17) is 0 Å². The second-order valence-corrected chi connectivity index (χ2v) is 10.4. The van der Waals surface area contributed by atoms with Gasteiger partial charge in [-0.1, -0.05) is 38.2 Å². The summed E-state index contributed by atoms with van der Waals surface area (Å²) in [5.41, 5.74) is 0. The van der Waals surface area contributed by atoms with Gasteiger partial charge in [0.25, 0.3) is 0 Å². The predicted molar refractivity (Wildman–Crippen MR) is 80.5 cm³/mol. The van der Waals surface area contributed by atoms with Crippen molar-refractivity contribution in [2.24, 2.45) is 0 Å². The first kappa shape index (κ1) is 22.8. The van der Waals surface area contributed by atoms with Crippen LogP contribution in [0.2, 0.25) is 13.1 Å². The van der Waals surface area contributed by atoms with Crippen molar-refractivity contribution in [3.05, 3.63) is 47.7 Å². The zero-order valence-electron chi connectivity index (χ0n) is 12.0. The molecule has 0 saturated carbocycles. The number of halogens is 2. The van der Waals surface area contributed by atoms with Gasteiger partial charge in [0, 0.05) is 4.90 Å². The summed E-state index contributed by atoms with van der Waals surface area (Å²) >= 11 is 1.96. The van der Waals surface area contributed by atoms with Crippen molar-refractivity contribution >= 4 is 25.0 Å². The second-order valence-electron chi connectivity index (χ2n) is 4.75. The molecule has 0 aliphatic heterocycles. The molecule has 0 nitrogen and oxygen atoms in total. The Morgan fingerprint density at radius 3 is 2.40 bits per heavy atom. The Bertz CT molecular complexity index is 473. The van der Waals surface area contributed by atoms with Crippen LogP contribution in [0.3, 0.4) is 0 Å². The molecular formula is C15H19Cl2SSiTi. The quantitative estimate of drug-likeness (QED) is 0.330. The van der Waals surface area contributed by atoms with Crippen molar-refractivity contribution in [1.82, 2.24) is 0 Å². The smallest absolute Gasteiger partial charge is 1.00 e. The summed E-state index contributed by atoms with van der Waals surface area (Å²) < 4.78 is 0. The molecule has 0 bridgehead atoms. The van der Waals surface area contributed by atoms with Gasteiger partial charge in [-0.15, -0.1) is 18.2 Å². The molecule has 0 fully saturated rings. The average molecular weight is 378 g/mol. The Hall–Kier alpha value is 0.561. The van der Waals surface area contributed by atoms with Gasteiger partial charge in [-0.25, -0.2) is 11.3 Å². The first-order valence-corrected chi connectivity index (χ1v) is 10.1. The van der Waals surface area contributed by atoms with E-state index in [9.17, 15) is 0 Å². The molecule has 0 heterocycles. The molecule has 1 aliphatic rings. The minimum absolute atomic E-state index is 0. The molecule has 0 saturated heterocycles. The Morgan fingerprint density at radius 1 is 1.20 bits per heavy atom. The summed E-state index contributed by atoms with van der Waals surface area (Å²) in [4.78, 5) is 1.46. The van der Waals surface area contributed by atoms with Crippen molar-refractivity contribution in [2.75, 3.05) is 5.75 Å². The van der Waals surface area contributed by atoms with E-state index in [0.29, 0.717) is 0 Å². The topological polar surface area (TPSA) is 0 Å². The van der Waals surface area contributed by atoms with E-state index < -0.39 is 8.07 Å². The van der Waals surface area contributed by atoms with Crippen molar-refractivity contribution in [3.8, 4) is 0 Å². The molecule has 107 valence electrons. The summed E-state index contributed by atoms with van der Waals surface area (Å²) in [5, 5.41) is 3.02. The summed E-state index contributed by atoms with van der Waals surface area (Å²) in [7, 11) is -1.53. The molecular weight excluding hydrogens is 359 g/mol. The number of hydrogen-bond acceptors (Lipinski definition) is 1. The van der Waals surface area contributed by atoms with Crippen LogP contribution in [-0.4, -0.2) is 13.8 Å². The second kappa shape index (κ2) is 10.3. The fourth-order valence-electron chi connectivity index (χ4n) is 2.24. The van der Waals surface area contributed by atoms with Crippen LogP contribution in [0.4, 0.5) is 0 Å². The van der Waals surface area contributed by atoms with Crippen LogP contribution < -0.4 is 30.0 Å². The molecule has 0 unspecified atom stereocenters. The van der Waals surface area contributed by atoms with Gasteiger partial charge >= 0.3 is 21.7 Å². The van der Waals surface area contributed by atoms with Crippen LogP contribution in [0.1, 0.15) is 13.3 Å². The fraction of sp³-hybridized carbons (Fsp3) is 0.333. The van der Waals surface area contributed by atoms with Crippen molar-refractivity contribution in [1.29, 1.82) is 0 Å². The minimum Gasteiger partial charge on any atom is -1.00 e. The number of benzene rings is 1. The first-order valence-electron chi connectivity index (χ1n) is 6.16. The van der Waals surface area contributed by atoms with Crippen LogP contribution >= 0.6 is 11.8 Å². The summed E-state index contributed by atoms with van der Waals surface area (Å²) in [6.45, 7) is 7.08. The van der Waals surface area contributed by atoms with Gasteiger partial charge in [0.15, 0.2) is 0 Å². The van der Waals surface area contributed by atoms with Crippen LogP contribution in [0.25, 0.3) is 0 Å². The molecule has 5 heteroatoms. The molecule has 1 aromatic rings. The molecule has 20 heavy (non-hydrogen) atoms. The predicted octanol–water partition coefficient (Wildman–Crippen LogP) is -2.05. The summed E-state index contributed by atoms with van der Waals surface area (Å²) in [6.07, 6.45) is 9.02. The van der Waals surface area contributed by atoms with Crippen LogP contribution in [-0.2, 0) is 21.7 Å². The van der Waals surface area contributed by atoms with E-state index >= 15 is 0 Å². The standard InChI is InChI=1S/C15H19SSi.2ClH.Ti/c1-4-16-14-11-7-8-12-15(14)17(2,3)13-9-5-6-10-13;;;/h5,7-9,11-12H,4,6H2,1-3H3;2*1H;/q-1;;;+3/p-2. The van der Waals surface area contributed by atoms with Gasteiger partial charge in [-0.2, -0.15) is 6.08 Å². The van der Waals surface area contributed by atoms with Crippen molar-refractivity contribution in [2.45, 2.75) is 31.3 Å². The Balaban J connectivity index is 0. The molecule has 0 amide bonds. The molecule has 0 atom stereocenters. The SMILES string of the molecule is CCSc1ccccc1[Si](C)(C)C1=[C-]CC=C1.[Cl-].[Cl-].[Ti+3]. The van der Waals surface area contributed by atoms with E-state index in [1.807, 2.05) is 11.8 Å². The third-order valence-electron chi connectivity index (χ3n) is 3.23. The molecule has 0 spiro atoms. The van der Waals surface area contributed by atoms with Gasteiger partial charge in [-0.05, 0) is 17.0 Å². The summed E-state index contributed by atoms with van der Waals surface area (Å²) in [5.74, 6) is 1.14. The largest absolute Gasteiger partial charge is 3.00 e. The Kier molecular flexibility index (Phi) is 11.8. The molecule has 2 rings (SSSR count). The maximum atomic E-state index is 3.52. The maximum absolute atomic E-state index is 3.52. The average Bonchev–Trinajstić information content (AvgIpc) is 2.84. The van der Waals surface area contributed by atoms with E-state index in [2.05, 4.69) is 62.5 Å². The van der Waals surface area contributed by atoms with Crippen LogP contribution in [0.5, 0.6) is 0 Å². The van der Waals surface area contributed by atoms with Crippen LogP contribution in [0, 0.1) is 6.08 Å². The number of rotatable bonds is 4. The van der Waals surface area contributed by atoms with E-state index in [1.54, 1.807) is 5.19 Å². The third-order valence-corrected chi connectivity index (χ3v) is 7.84. The maximum Gasteiger partial charge on any atom is 3.00 e. The fourth-order valence-corrected chi connectivity index (χ4v) is 6.52. The third kappa shape index (κ3) is 5.08. The van der Waals surface area contributed by atoms with Crippen molar-refractivity contribution in [3.63, 3.8) is 0 Å². The first-order chi connectivity index (χ1) is 8.16. The number of allylic oxidation sites excluding steroid dienone is 4. The Morgan fingerprint density at radius 2 is 1.85 bits per heavy atom. The van der Waals surface area contributed by atoms with E-state index in [0.717, 1.165) is 12.2 Å². The minimum atomic E-state index is -1.53. The van der Waals surface area contributed by atoms with Crippen LogP contribution in [0.15, 0.2) is 46.5 Å². The van der Waals surface area contributed by atoms with E-state index in [-0.39, 0.29) is 46.5 Å². The molecule has 1 radical (unpaired) electrons.